The van der Waals surface area contributed by atoms with Gasteiger partial charge in [-0.15, -0.1) is 11.3 Å². The molecule has 0 unspecified atom stereocenters. The van der Waals surface area contributed by atoms with Crippen molar-refractivity contribution in [3.63, 3.8) is 0 Å². The minimum absolute atomic E-state index is 0.191. The Morgan fingerprint density at radius 2 is 2.20 bits per heavy atom. The zero-order valence-electron chi connectivity index (χ0n) is 11.0. The van der Waals surface area contributed by atoms with Gasteiger partial charge >= 0.3 is 5.97 Å². The summed E-state index contributed by atoms with van der Waals surface area (Å²) in [5.41, 5.74) is 0.852. The van der Waals surface area contributed by atoms with Gasteiger partial charge in [0, 0.05) is 10.0 Å². The van der Waals surface area contributed by atoms with Gasteiger partial charge in [-0.25, -0.2) is 14.2 Å². The minimum Gasteiger partial charge on any atom is -0.477 e. The minimum atomic E-state index is -1.01. The molecule has 1 heterocycles. The van der Waals surface area contributed by atoms with Crippen LogP contribution in [-0.4, -0.2) is 16.1 Å². The molecule has 0 saturated heterocycles. The lowest BCUT2D eigenvalue weighted by Crippen LogP contribution is -2.02. The molecule has 20 heavy (non-hydrogen) atoms. The highest BCUT2D eigenvalue weighted by Crippen LogP contribution is 2.32. The van der Waals surface area contributed by atoms with E-state index < -0.39 is 11.8 Å². The van der Waals surface area contributed by atoms with Crippen LogP contribution in [-0.2, 0) is 6.42 Å². The van der Waals surface area contributed by atoms with Crippen LogP contribution < -0.4 is 0 Å². The van der Waals surface area contributed by atoms with Crippen molar-refractivity contribution in [1.29, 1.82) is 0 Å². The number of nitrogens with zero attached hydrogens (tertiary/aromatic N) is 1. The third-order valence-electron chi connectivity index (χ3n) is 2.65. The molecule has 0 amide bonds. The number of aromatic nitrogens is 1. The van der Waals surface area contributed by atoms with Crippen molar-refractivity contribution in [3.8, 4) is 10.6 Å². The van der Waals surface area contributed by atoms with E-state index in [1.54, 1.807) is 12.1 Å². The molecular formula is C14H13BrFNO2S. The average Bonchev–Trinajstić information content (AvgIpc) is 2.71. The van der Waals surface area contributed by atoms with E-state index in [-0.39, 0.29) is 10.8 Å². The lowest BCUT2D eigenvalue weighted by atomic mass is 10.1. The number of hydrogen-bond acceptors (Lipinski definition) is 3. The molecule has 106 valence electrons. The van der Waals surface area contributed by atoms with E-state index in [0.29, 0.717) is 27.2 Å². The number of benzene rings is 1. The Bertz CT molecular complexity index is 655. The molecule has 0 aliphatic heterocycles. The van der Waals surface area contributed by atoms with Gasteiger partial charge in [0.25, 0.3) is 0 Å². The number of hydrogen-bond donors (Lipinski definition) is 1. The maximum absolute atomic E-state index is 13.9. The number of halogens is 2. The van der Waals surface area contributed by atoms with Crippen molar-refractivity contribution in [2.45, 2.75) is 20.3 Å². The van der Waals surface area contributed by atoms with Gasteiger partial charge in [0.1, 0.15) is 15.7 Å². The standard InChI is InChI=1S/C14H13BrFNO2S/c1-7(2)5-11-12(14(18)19)20-13(17-11)9-4-3-8(15)6-10(9)16/h3-4,6-7H,5H2,1-2H3,(H,18,19). The molecule has 0 atom stereocenters. The quantitative estimate of drug-likeness (QED) is 0.869. The van der Waals surface area contributed by atoms with Crippen LogP contribution >= 0.6 is 27.3 Å². The first-order valence-electron chi connectivity index (χ1n) is 6.07. The van der Waals surface area contributed by atoms with Gasteiger partial charge in [-0.2, -0.15) is 0 Å². The highest BCUT2D eigenvalue weighted by molar-refractivity contribution is 9.10. The highest BCUT2D eigenvalue weighted by Gasteiger charge is 2.20. The van der Waals surface area contributed by atoms with Crippen molar-refractivity contribution in [1.82, 2.24) is 4.98 Å². The normalized spacial score (nSPS) is 11.1. The summed E-state index contributed by atoms with van der Waals surface area (Å²) in [6.45, 7) is 3.98. The number of aromatic carboxylic acids is 1. The Kier molecular flexibility index (Phi) is 4.55. The molecule has 0 bridgehead atoms. The predicted octanol–water partition coefficient (Wildman–Crippen LogP) is 4.61. The SMILES string of the molecule is CC(C)Cc1nc(-c2ccc(Br)cc2F)sc1C(=O)O. The monoisotopic (exact) mass is 357 g/mol. The molecule has 0 saturated carbocycles. The molecule has 1 N–H and O–H groups in total. The van der Waals surface area contributed by atoms with E-state index in [2.05, 4.69) is 20.9 Å². The molecule has 6 heteroatoms. The van der Waals surface area contributed by atoms with Crippen LogP contribution in [0.1, 0.15) is 29.2 Å². The number of carboxylic acid groups (broad SMARTS) is 1. The smallest absolute Gasteiger partial charge is 0.347 e. The topological polar surface area (TPSA) is 50.2 Å². The van der Waals surface area contributed by atoms with Crippen LogP contribution in [0.15, 0.2) is 22.7 Å². The van der Waals surface area contributed by atoms with E-state index in [1.807, 2.05) is 13.8 Å². The predicted molar refractivity (Wildman–Crippen MR) is 80.7 cm³/mol. The van der Waals surface area contributed by atoms with Gasteiger partial charge in [0.15, 0.2) is 0 Å². The summed E-state index contributed by atoms with van der Waals surface area (Å²) in [6.07, 6.45) is 0.566. The lowest BCUT2D eigenvalue weighted by molar-refractivity contribution is 0.0700. The molecule has 0 fully saturated rings. The average molecular weight is 358 g/mol. The van der Waals surface area contributed by atoms with Gasteiger partial charge in [0.05, 0.1) is 5.69 Å². The van der Waals surface area contributed by atoms with Crippen LogP contribution in [0.2, 0.25) is 0 Å². The van der Waals surface area contributed by atoms with Crippen LogP contribution in [0.3, 0.4) is 0 Å². The first-order chi connectivity index (χ1) is 9.38. The summed E-state index contributed by atoms with van der Waals surface area (Å²) < 4.78 is 14.6. The Balaban J connectivity index is 2.49. The Morgan fingerprint density at radius 3 is 2.75 bits per heavy atom. The number of thiazole rings is 1. The second-order valence-corrected chi connectivity index (χ2v) is 6.74. The van der Waals surface area contributed by atoms with Crippen molar-refractivity contribution in [3.05, 3.63) is 39.1 Å². The first-order valence-corrected chi connectivity index (χ1v) is 7.68. The Morgan fingerprint density at radius 1 is 1.50 bits per heavy atom. The fourth-order valence-corrected chi connectivity index (χ4v) is 3.11. The van der Waals surface area contributed by atoms with Gasteiger partial charge in [-0.1, -0.05) is 29.8 Å². The third-order valence-corrected chi connectivity index (χ3v) is 4.27. The number of carboxylic acids is 1. The van der Waals surface area contributed by atoms with E-state index in [0.717, 1.165) is 11.3 Å². The summed E-state index contributed by atoms with van der Waals surface area (Å²) >= 11 is 4.21. The molecule has 3 nitrogen and oxygen atoms in total. The van der Waals surface area contributed by atoms with Crippen LogP contribution in [0, 0.1) is 11.7 Å². The first kappa shape index (κ1) is 15.1. The summed E-state index contributed by atoms with van der Waals surface area (Å²) in [4.78, 5) is 15.8. The van der Waals surface area contributed by atoms with E-state index in [9.17, 15) is 14.3 Å². The number of rotatable bonds is 4. The Hall–Kier alpha value is -1.27. The second kappa shape index (κ2) is 6.01. The van der Waals surface area contributed by atoms with Gasteiger partial charge in [0.2, 0.25) is 0 Å². The zero-order valence-corrected chi connectivity index (χ0v) is 13.4. The molecule has 2 aromatic rings. The van der Waals surface area contributed by atoms with Gasteiger partial charge in [-0.3, -0.25) is 0 Å². The summed E-state index contributed by atoms with van der Waals surface area (Å²) in [6, 6.07) is 4.66. The van der Waals surface area contributed by atoms with Crippen molar-refractivity contribution in [2.75, 3.05) is 0 Å². The van der Waals surface area contributed by atoms with Crippen LogP contribution in [0.25, 0.3) is 10.6 Å². The van der Waals surface area contributed by atoms with E-state index in [4.69, 9.17) is 0 Å². The molecular weight excluding hydrogens is 345 g/mol. The number of carbonyl (C=O) groups is 1. The molecule has 0 radical (unpaired) electrons. The Labute approximate surface area is 128 Å². The van der Waals surface area contributed by atoms with Crippen LogP contribution in [0.5, 0.6) is 0 Å². The van der Waals surface area contributed by atoms with Gasteiger partial charge < -0.3 is 5.11 Å². The maximum Gasteiger partial charge on any atom is 0.347 e. The summed E-state index contributed by atoms with van der Waals surface area (Å²) in [5.74, 6) is -1.14. The summed E-state index contributed by atoms with van der Waals surface area (Å²) in [5, 5.41) is 9.63. The molecule has 1 aromatic carbocycles. The molecule has 1 aromatic heterocycles. The molecule has 0 aliphatic rings. The van der Waals surface area contributed by atoms with Crippen LogP contribution in [0.4, 0.5) is 4.39 Å². The third kappa shape index (κ3) is 3.24. The molecule has 0 aliphatic carbocycles. The van der Waals surface area contributed by atoms with Crippen molar-refractivity contribution < 1.29 is 14.3 Å². The van der Waals surface area contributed by atoms with E-state index in [1.165, 1.54) is 6.07 Å². The highest BCUT2D eigenvalue weighted by atomic mass is 79.9. The van der Waals surface area contributed by atoms with E-state index >= 15 is 0 Å². The molecule has 0 spiro atoms. The maximum atomic E-state index is 13.9. The second-order valence-electron chi connectivity index (χ2n) is 4.82. The van der Waals surface area contributed by atoms with Gasteiger partial charge in [-0.05, 0) is 30.5 Å². The zero-order chi connectivity index (χ0) is 14.9. The van der Waals surface area contributed by atoms with Crippen molar-refractivity contribution >= 4 is 33.2 Å². The fraction of sp³-hybridized carbons (Fsp3) is 0.286. The molecule has 2 rings (SSSR count). The largest absolute Gasteiger partial charge is 0.477 e. The fourth-order valence-electron chi connectivity index (χ4n) is 1.82. The lowest BCUT2D eigenvalue weighted by Gasteiger charge is -2.02. The van der Waals surface area contributed by atoms with Crippen molar-refractivity contribution in [2.24, 2.45) is 5.92 Å². The summed E-state index contributed by atoms with van der Waals surface area (Å²) in [7, 11) is 0.